The maximum absolute atomic E-state index is 3.56. The van der Waals surface area contributed by atoms with E-state index in [9.17, 15) is 0 Å². The minimum atomic E-state index is 0.697. The van der Waals surface area contributed by atoms with E-state index in [4.69, 9.17) is 0 Å². The van der Waals surface area contributed by atoms with E-state index in [0.717, 1.165) is 0 Å². The fourth-order valence-electron chi connectivity index (χ4n) is 0.192. The van der Waals surface area contributed by atoms with Crippen LogP contribution in [0.2, 0.25) is 0 Å². The van der Waals surface area contributed by atoms with Crippen molar-refractivity contribution in [3.63, 3.8) is 0 Å². The van der Waals surface area contributed by atoms with Crippen molar-refractivity contribution in [3.8, 4) is 0 Å². The molecular formula is C5H10S. The Kier molecular flexibility index (Phi) is 3.34. The number of hydrogen-bond donors (Lipinski definition) is 0. The van der Waals surface area contributed by atoms with Gasteiger partial charge in [0.15, 0.2) is 0 Å². The van der Waals surface area contributed by atoms with E-state index >= 15 is 0 Å². The van der Waals surface area contributed by atoms with E-state index in [1.54, 1.807) is 11.8 Å². The molecule has 0 radical (unpaired) electrons. The summed E-state index contributed by atoms with van der Waals surface area (Å²) >= 11 is 1.75. The lowest BCUT2D eigenvalue weighted by Crippen LogP contribution is -1.78. The molecule has 0 unspecified atom stereocenters. The van der Waals surface area contributed by atoms with E-state index in [1.165, 1.54) is 0 Å². The minimum absolute atomic E-state index is 0.697. The summed E-state index contributed by atoms with van der Waals surface area (Å²) in [5.74, 6) is 0. The molecule has 0 aromatic heterocycles. The largest absolute Gasteiger partial charge is 0.132 e. The van der Waals surface area contributed by atoms with E-state index in [0.29, 0.717) is 5.25 Å². The highest BCUT2D eigenvalue weighted by atomic mass is 32.2. The van der Waals surface area contributed by atoms with Gasteiger partial charge in [0.1, 0.15) is 0 Å². The predicted molar refractivity (Wildman–Crippen MR) is 32.9 cm³/mol. The number of rotatable bonds is 2. The molecule has 0 aliphatic heterocycles. The third-order valence-corrected chi connectivity index (χ3v) is 1.11. The molecule has 0 spiro atoms. The van der Waals surface area contributed by atoms with Gasteiger partial charge < -0.3 is 0 Å². The molecule has 6 heavy (non-hydrogen) atoms. The molecule has 0 nitrogen and oxygen atoms in total. The lowest BCUT2D eigenvalue weighted by atomic mass is 10.6. The Bertz CT molecular complexity index is 39.2. The topological polar surface area (TPSA) is 0 Å². The second-order valence-corrected chi connectivity index (χ2v) is 2.90. The summed E-state index contributed by atoms with van der Waals surface area (Å²) in [5, 5.41) is 2.56. The first-order valence-corrected chi connectivity index (χ1v) is 2.98. The minimum Gasteiger partial charge on any atom is -0.132 e. The first-order chi connectivity index (χ1) is 2.77. The van der Waals surface area contributed by atoms with Crippen molar-refractivity contribution in [2.24, 2.45) is 0 Å². The zero-order valence-electron chi connectivity index (χ0n) is 4.27. The van der Waals surface area contributed by atoms with Crippen LogP contribution in [0, 0.1) is 0 Å². The maximum Gasteiger partial charge on any atom is 0.00315 e. The van der Waals surface area contributed by atoms with Crippen LogP contribution in [-0.2, 0) is 0 Å². The Labute approximate surface area is 43.6 Å². The first-order valence-electron chi connectivity index (χ1n) is 2.03. The van der Waals surface area contributed by atoms with Crippen molar-refractivity contribution in [3.05, 3.63) is 12.0 Å². The van der Waals surface area contributed by atoms with Crippen LogP contribution in [0.3, 0.4) is 0 Å². The third kappa shape index (κ3) is 4.09. The van der Waals surface area contributed by atoms with E-state index < -0.39 is 0 Å². The van der Waals surface area contributed by atoms with Crippen molar-refractivity contribution in [1.29, 1.82) is 0 Å². The molecule has 0 bridgehead atoms. The molecule has 0 saturated carbocycles. The average Bonchev–Trinajstić information content (AvgIpc) is 1.35. The molecule has 0 aromatic rings. The second-order valence-electron chi connectivity index (χ2n) is 1.35. The summed E-state index contributed by atoms with van der Waals surface area (Å²) < 4.78 is 0. The maximum atomic E-state index is 3.56. The van der Waals surface area contributed by atoms with E-state index in [1.807, 2.05) is 5.41 Å². The highest BCUT2D eigenvalue weighted by Gasteiger charge is 1.82. The van der Waals surface area contributed by atoms with Crippen LogP contribution >= 0.6 is 11.8 Å². The lowest BCUT2D eigenvalue weighted by molar-refractivity contribution is 1.12. The standard InChI is InChI=1S/C5H10S/c1-4-6-5(2)3/h4-5H,1H2,2-3H3. The molecule has 0 heterocycles. The quantitative estimate of drug-likeness (QED) is 0.515. The van der Waals surface area contributed by atoms with Gasteiger partial charge in [0.25, 0.3) is 0 Å². The van der Waals surface area contributed by atoms with Crippen LogP contribution in [0.5, 0.6) is 0 Å². The molecule has 0 aromatic carbocycles. The molecule has 0 saturated heterocycles. The van der Waals surface area contributed by atoms with Gasteiger partial charge in [-0.15, -0.1) is 11.8 Å². The summed E-state index contributed by atoms with van der Waals surface area (Å²) in [7, 11) is 0. The van der Waals surface area contributed by atoms with Crippen molar-refractivity contribution in [1.82, 2.24) is 0 Å². The Morgan fingerprint density at radius 1 is 1.67 bits per heavy atom. The summed E-state index contributed by atoms with van der Waals surface area (Å²) in [4.78, 5) is 0. The van der Waals surface area contributed by atoms with Gasteiger partial charge in [-0.3, -0.25) is 0 Å². The van der Waals surface area contributed by atoms with Crippen LogP contribution in [0.1, 0.15) is 13.8 Å². The zero-order valence-corrected chi connectivity index (χ0v) is 5.09. The fourth-order valence-corrected chi connectivity index (χ4v) is 0.577. The first kappa shape index (κ1) is 6.09. The summed E-state index contributed by atoms with van der Waals surface area (Å²) in [6.07, 6.45) is 0. The molecule has 0 aliphatic rings. The molecule has 0 amide bonds. The molecule has 36 valence electrons. The SMILES string of the molecule is C=CSC(C)C. The second kappa shape index (κ2) is 3.29. The highest BCUT2D eigenvalue weighted by molar-refractivity contribution is 8.02. The summed E-state index contributed by atoms with van der Waals surface area (Å²) in [6.45, 7) is 7.85. The van der Waals surface area contributed by atoms with Gasteiger partial charge in [0.2, 0.25) is 0 Å². The van der Waals surface area contributed by atoms with Crippen LogP contribution in [-0.4, -0.2) is 5.25 Å². The normalized spacial score (nSPS) is 9.17. The van der Waals surface area contributed by atoms with Gasteiger partial charge in [-0.1, -0.05) is 20.4 Å². The molecule has 0 fully saturated rings. The molecular weight excluding hydrogens is 92.1 g/mol. The van der Waals surface area contributed by atoms with Crippen LogP contribution in [0.25, 0.3) is 0 Å². The molecule has 1 heteroatoms. The number of thioether (sulfide) groups is 1. The van der Waals surface area contributed by atoms with Gasteiger partial charge in [-0.25, -0.2) is 0 Å². The Morgan fingerprint density at radius 2 is 2.17 bits per heavy atom. The van der Waals surface area contributed by atoms with Gasteiger partial charge in [-0.2, -0.15) is 0 Å². The monoisotopic (exact) mass is 102 g/mol. The highest BCUT2D eigenvalue weighted by Crippen LogP contribution is 2.07. The smallest absolute Gasteiger partial charge is 0.00315 e. The average molecular weight is 102 g/mol. The Hall–Kier alpha value is 0.0900. The molecule has 0 N–H and O–H groups in total. The van der Waals surface area contributed by atoms with Crippen molar-refractivity contribution >= 4 is 11.8 Å². The molecule has 0 aliphatic carbocycles. The van der Waals surface area contributed by atoms with Crippen LogP contribution in [0.15, 0.2) is 12.0 Å². The van der Waals surface area contributed by atoms with E-state index in [2.05, 4.69) is 20.4 Å². The van der Waals surface area contributed by atoms with Gasteiger partial charge >= 0.3 is 0 Å². The van der Waals surface area contributed by atoms with Crippen molar-refractivity contribution in [2.45, 2.75) is 19.1 Å². The van der Waals surface area contributed by atoms with Crippen LogP contribution in [0.4, 0.5) is 0 Å². The van der Waals surface area contributed by atoms with Crippen molar-refractivity contribution < 1.29 is 0 Å². The summed E-state index contributed by atoms with van der Waals surface area (Å²) in [5.41, 5.74) is 0. The van der Waals surface area contributed by atoms with Gasteiger partial charge in [0, 0.05) is 5.25 Å². The Balaban J connectivity index is 2.81. The Morgan fingerprint density at radius 3 is 2.17 bits per heavy atom. The molecule has 0 rings (SSSR count). The van der Waals surface area contributed by atoms with Crippen LogP contribution < -0.4 is 0 Å². The fraction of sp³-hybridized carbons (Fsp3) is 0.600. The number of hydrogen-bond acceptors (Lipinski definition) is 1. The van der Waals surface area contributed by atoms with Crippen molar-refractivity contribution in [2.75, 3.05) is 0 Å². The zero-order chi connectivity index (χ0) is 4.99. The third-order valence-electron chi connectivity index (χ3n) is 0.368. The van der Waals surface area contributed by atoms with Gasteiger partial charge in [0.05, 0.1) is 0 Å². The van der Waals surface area contributed by atoms with E-state index in [-0.39, 0.29) is 0 Å². The summed E-state index contributed by atoms with van der Waals surface area (Å²) in [6, 6.07) is 0. The molecule has 0 atom stereocenters. The van der Waals surface area contributed by atoms with Gasteiger partial charge in [-0.05, 0) is 5.41 Å². The predicted octanol–water partition coefficient (Wildman–Crippen LogP) is 2.27. The lowest BCUT2D eigenvalue weighted by Gasteiger charge is -1.92.